The smallest absolute Gasteiger partial charge is 0.379 e. The minimum atomic E-state index is -4.38. The van der Waals surface area contributed by atoms with Crippen LogP contribution in [0.1, 0.15) is 31.4 Å². The number of urea groups is 1. The summed E-state index contributed by atoms with van der Waals surface area (Å²) in [7, 11) is 0. The van der Waals surface area contributed by atoms with E-state index in [-0.39, 0.29) is 12.6 Å². The lowest BCUT2D eigenvalue weighted by Crippen LogP contribution is -2.36. The maximum atomic E-state index is 12.6. The van der Waals surface area contributed by atoms with E-state index in [2.05, 4.69) is 10.6 Å². The van der Waals surface area contributed by atoms with E-state index in [4.69, 9.17) is 4.74 Å². The van der Waals surface area contributed by atoms with E-state index in [1.165, 1.54) is 12.1 Å². The van der Waals surface area contributed by atoms with Crippen LogP contribution in [0.3, 0.4) is 0 Å². The summed E-state index contributed by atoms with van der Waals surface area (Å²) in [4.78, 5) is 11.5. The molecule has 0 heterocycles. The molecule has 0 aliphatic rings. The zero-order valence-corrected chi connectivity index (χ0v) is 12.7. The summed E-state index contributed by atoms with van der Waals surface area (Å²) >= 11 is 0. The van der Waals surface area contributed by atoms with Gasteiger partial charge in [-0.3, -0.25) is 0 Å². The number of alkyl halides is 3. The summed E-state index contributed by atoms with van der Waals surface area (Å²) in [6.07, 6.45) is -3.56. The van der Waals surface area contributed by atoms with Gasteiger partial charge in [-0.1, -0.05) is 12.1 Å². The van der Waals surface area contributed by atoms with Crippen LogP contribution >= 0.6 is 0 Å². The Labute approximate surface area is 128 Å². The lowest BCUT2D eigenvalue weighted by molar-refractivity contribution is -0.137. The number of rotatable bonds is 7. The fraction of sp³-hybridized carbons (Fsp3) is 0.533. The normalized spacial score (nSPS) is 11.5. The number of hydrogen-bond acceptors (Lipinski definition) is 2. The van der Waals surface area contributed by atoms with E-state index in [0.717, 1.165) is 12.1 Å². The predicted octanol–water partition coefficient (Wildman–Crippen LogP) is 3.32. The van der Waals surface area contributed by atoms with Gasteiger partial charge in [-0.05, 0) is 38.0 Å². The summed E-state index contributed by atoms with van der Waals surface area (Å²) in [5.41, 5.74) is -0.328. The second-order valence-corrected chi connectivity index (χ2v) is 5.08. The molecule has 0 aliphatic heterocycles. The van der Waals surface area contributed by atoms with Crippen LogP contribution in [-0.4, -0.2) is 25.3 Å². The first-order valence-electron chi connectivity index (χ1n) is 7.08. The Balaban J connectivity index is 2.29. The molecule has 0 spiro atoms. The maximum Gasteiger partial charge on any atom is 0.416 e. The molecular weight excluding hydrogens is 297 g/mol. The van der Waals surface area contributed by atoms with Crippen molar-refractivity contribution >= 4 is 6.03 Å². The Morgan fingerprint density at radius 2 is 2.00 bits per heavy atom. The number of carbonyl (C=O) groups is 1. The second-order valence-electron chi connectivity index (χ2n) is 5.08. The Kier molecular flexibility index (Phi) is 7.17. The molecule has 0 unspecified atom stereocenters. The number of hydrogen-bond donors (Lipinski definition) is 2. The first-order valence-corrected chi connectivity index (χ1v) is 7.08. The number of benzene rings is 1. The molecule has 4 nitrogen and oxygen atoms in total. The van der Waals surface area contributed by atoms with Gasteiger partial charge in [-0.25, -0.2) is 4.79 Å². The maximum absolute atomic E-state index is 12.6. The number of nitrogens with one attached hydrogen (secondary N) is 2. The minimum Gasteiger partial charge on any atom is -0.379 e. The molecule has 2 amide bonds. The standard InChI is InChI=1S/C15H21F3N2O2/c1-11(2)22-8-4-7-19-14(21)20-10-12-5-3-6-13(9-12)15(16,17)18/h3,5-6,9,11H,4,7-8,10H2,1-2H3,(H2,19,20,21). The molecule has 2 N–H and O–H groups in total. The topological polar surface area (TPSA) is 50.4 Å². The van der Waals surface area contributed by atoms with E-state index in [9.17, 15) is 18.0 Å². The Bertz CT molecular complexity index is 476. The number of ether oxygens (including phenoxy) is 1. The zero-order chi connectivity index (χ0) is 16.6. The van der Waals surface area contributed by atoms with Crippen molar-refractivity contribution in [3.8, 4) is 0 Å². The van der Waals surface area contributed by atoms with Crippen LogP contribution < -0.4 is 10.6 Å². The highest BCUT2D eigenvalue weighted by atomic mass is 19.4. The van der Waals surface area contributed by atoms with Gasteiger partial charge in [0.05, 0.1) is 11.7 Å². The van der Waals surface area contributed by atoms with E-state index >= 15 is 0 Å². The quantitative estimate of drug-likeness (QED) is 0.758. The summed E-state index contributed by atoms with van der Waals surface area (Å²) in [5, 5.41) is 5.14. The van der Waals surface area contributed by atoms with E-state index in [0.29, 0.717) is 25.1 Å². The lowest BCUT2D eigenvalue weighted by Gasteiger charge is -2.11. The highest BCUT2D eigenvalue weighted by Gasteiger charge is 2.30. The molecule has 22 heavy (non-hydrogen) atoms. The van der Waals surface area contributed by atoms with Crippen molar-refractivity contribution in [2.75, 3.05) is 13.2 Å². The molecule has 0 atom stereocenters. The van der Waals surface area contributed by atoms with Crippen molar-refractivity contribution in [2.24, 2.45) is 0 Å². The number of amides is 2. The zero-order valence-electron chi connectivity index (χ0n) is 12.7. The van der Waals surface area contributed by atoms with Gasteiger partial charge in [-0.2, -0.15) is 13.2 Å². The molecule has 0 saturated heterocycles. The van der Waals surface area contributed by atoms with E-state index < -0.39 is 17.8 Å². The van der Waals surface area contributed by atoms with Crippen molar-refractivity contribution < 1.29 is 22.7 Å². The molecular formula is C15H21F3N2O2. The van der Waals surface area contributed by atoms with Crippen LogP contribution in [0.4, 0.5) is 18.0 Å². The SMILES string of the molecule is CC(C)OCCCNC(=O)NCc1cccc(C(F)(F)F)c1. The fourth-order valence-electron chi connectivity index (χ4n) is 1.70. The molecule has 0 saturated carbocycles. The second kappa shape index (κ2) is 8.63. The third-order valence-electron chi connectivity index (χ3n) is 2.77. The molecule has 0 bridgehead atoms. The Hall–Kier alpha value is -1.76. The van der Waals surface area contributed by atoms with Crippen molar-refractivity contribution in [3.05, 3.63) is 35.4 Å². The first kappa shape index (κ1) is 18.3. The van der Waals surface area contributed by atoms with Crippen LogP contribution in [0.5, 0.6) is 0 Å². The fourth-order valence-corrected chi connectivity index (χ4v) is 1.70. The third kappa shape index (κ3) is 7.31. The van der Waals surface area contributed by atoms with Crippen molar-refractivity contribution in [2.45, 2.75) is 39.1 Å². The number of carbonyl (C=O) groups excluding carboxylic acids is 1. The molecule has 124 valence electrons. The highest BCUT2D eigenvalue weighted by Crippen LogP contribution is 2.29. The third-order valence-corrected chi connectivity index (χ3v) is 2.77. The Morgan fingerprint density at radius 1 is 1.27 bits per heavy atom. The molecule has 1 aromatic carbocycles. The minimum absolute atomic E-state index is 0.0399. The van der Waals surface area contributed by atoms with Gasteiger partial charge < -0.3 is 15.4 Å². The van der Waals surface area contributed by atoms with Gasteiger partial charge in [0.15, 0.2) is 0 Å². The van der Waals surface area contributed by atoms with Gasteiger partial charge in [-0.15, -0.1) is 0 Å². The molecule has 7 heteroatoms. The highest BCUT2D eigenvalue weighted by molar-refractivity contribution is 5.73. The van der Waals surface area contributed by atoms with E-state index in [1.54, 1.807) is 0 Å². The molecule has 0 radical (unpaired) electrons. The molecule has 0 fully saturated rings. The molecule has 0 aliphatic carbocycles. The van der Waals surface area contributed by atoms with Gasteiger partial charge in [0, 0.05) is 19.7 Å². The van der Waals surface area contributed by atoms with Crippen molar-refractivity contribution in [1.29, 1.82) is 0 Å². The van der Waals surface area contributed by atoms with Gasteiger partial charge in [0.25, 0.3) is 0 Å². The van der Waals surface area contributed by atoms with Crippen LogP contribution in [0.25, 0.3) is 0 Å². The summed E-state index contributed by atoms with van der Waals surface area (Å²) in [5.74, 6) is 0. The predicted molar refractivity (Wildman–Crippen MR) is 77.4 cm³/mol. The first-order chi connectivity index (χ1) is 10.3. The monoisotopic (exact) mass is 318 g/mol. The van der Waals surface area contributed by atoms with Crippen LogP contribution in [0.2, 0.25) is 0 Å². The molecule has 0 aromatic heterocycles. The lowest BCUT2D eigenvalue weighted by atomic mass is 10.1. The van der Waals surface area contributed by atoms with Crippen molar-refractivity contribution in [3.63, 3.8) is 0 Å². The van der Waals surface area contributed by atoms with Gasteiger partial charge >= 0.3 is 12.2 Å². The average molecular weight is 318 g/mol. The van der Waals surface area contributed by atoms with E-state index in [1.807, 2.05) is 13.8 Å². The molecule has 1 aromatic rings. The average Bonchev–Trinajstić information content (AvgIpc) is 2.44. The van der Waals surface area contributed by atoms with Crippen LogP contribution in [-0.2, 0) is 17.5 Å². The van der Waals surface area contributed by atoms with Crippen molar-refractivity contribution in [1.82, 2.24) is 10.6 Å². The van der Waals surface area contributed by atoms with Crippen LogP contribution in [0.15, 0.2) is 24.3 Å². The summed E-state index contributed by atoms with van der Waals surface area (Å²) in [6.45, 7) is 4.88. The number of halogens is 3. The van der Waals surface area contributed by atoms with Gasteiger partial charge in [0.1, 0.15) is 0 Å². The largest absolute Gasteiger partial charge is 0.416 e. The van der Waals surface area contributed by atoms with Gasteiger partial charge in [0.2, 0.25) is 0 Å². The van der Waals surface area contributed by atoms with Crippen LogP contribution in [0, 0.1) is 0 Å². The summed E-state index contributed by atoms with van der Waals surface area (Å²) < 4.78 is 43.0. The Morgan fingerprint density at radius 3 is 2.64 bits per heavy atom. The summed E-state index contributed by atoms with van der Waals surface area (Å²) in [6, 6.07) is 4.46. The molecule has 1 rings (SSSR count).